The van der Waals surface area contributed by atoms with Crippen molar-refractivity contribution in [2.75, 3.05) is 19.6 Å². The van der Waals surface area contributed by atoms with E-state index >= 15 is 0 Å². The number of nitrogens with zero attached hydrogens (tertiary/aromatic N) is 2. The quantitative estimate of drug-likeness (QED) is 0.778. The molecular weight excluding hydrogens is 358 g/mol. The molecule has 1 amide bonds. The summed E-state index contributed by atoms with van der Waals surface area (Å²) in [5, 5.41) is 7.61. The molecule has 152 valence electrons. The Morgan fingerprint density at radius 2 is 1.89 bits per heavy atom. The van der Waals surface area contributed by atoms with Gasteiger partial charge in [0.25, 0.3) is 0 Å². The molecule has 1 aromatic carbocycles. The Balaban J connectivity index is 1.37. The molecule has 3 unspecified atom stereocenters. The molecule has 3 aliphatic heterocycles. The van der Waals surface area contributed by atoms with Gasteiger partial charge in [-0.25, -0.2) is 10.0 Å². The number of ether oxygens (including phenoxy) is 2. The highest BCUT2D eigenvalue weighted by atomic mass is 16.7. The van der Waals surface area contributed by atoms with Crippen LogP contribution in [0.5, 0.6) is 0 Å². The van der Waals surface area contributed by atoms with E-state index < -0.39 is 12.3 Å². The van der Waals surface area contributed by atoms with Crippen molar-refractivity contribution in [2.45, 2.75) is 63.5 Å². The van der Waals surface area contributed by atoms with E-state index in [4.69, 9.17) is 9.47 Å². The zero-order chi connectivity index (χ0) is 19.3. The van der Waals surface area contributed by atoms with Crippen LogP contribution < -0.4 is 5.32 Å². The normalized spacial score (nSPS) is 29.0. The molecule has 0 saturated carbocycles. The molecular formula is C21H29N3O4. The van der Waals surface area contributed by atoms with Gasteiger partial charge in [-0.1, -0.05) is 36.8 Å². The number of hydrogen-bond donors (Lipinski definition) is 1. The van der Waals surface area contributed by atoms with Crippen LogP contribution in [0.25, 0.3) is 0 Å². The van der Waals surface area contributed by atoms with Crippen molar-refractivity contribution in [3.63, 3.8) is 0 Å². The summed E-state index contributed by atoms with van der Waals surface area (Å²) < 4.78 is 11.1. The van der Waals surface area contributed by atoms with Gasteiger partial charge in [0.05, 0.1) is 13.0 Å². The molecule has 0 radical (unpaired) electrons. The Kier molecular flexibility index (Phi) is 6.24. The first-order valence-electron chi connectivity index (χ1n) is 10.4. The monoisotopic (exact) mass is 387 g/mol. The van der Waals surface area contributed by atoms with Gasteiger partial charge in [0.1, 0.15) is 12.1 Å². The van der Waals surface area contributed by atoms with Crippen molar-refractivity contribution in [1.29, 1.82) is 0 Å². The van der Waals surface area contributed by atoms with Crippen LogP contribution in [0.4, 0.5) is 0 Å². The van der Waals surface area contributed by atoms with Gasteiger partial charge in [0.15, 0.2) is 0 Å². The number of hydrogen-bond acceptors (Lipinski definition) is 6. The Bertz CT molecular complexity index is 683. The fourth-order valence-corrected chi connectivity index (χ4v) is 4.33. The second kappa shape index (κ2) is 9.03. The largest absolute Gasteiger partial charge is 0.433 e. The maximum absolute atomic E-state index is 13.0. The SMILES string of the molecule is O=C1CC(NC(=O)C2CCCN3CCCCCN23)C(OCc2ccccc2)O1. The average Bonchev–Trinajstić information content (AvgIpc) is 2.91. The summed E-state index contributed by atoms with van der Waals surface area (Å²) in [5.41, 5.74) is 1.00. The first-order chi connectivity index (χ1) is 13.7. The number of amides is 1. The third-order valence-electron chi connectivity index (χ3n) is 5.77. The molecule has 0 bridgehead atoms. The molecule has 1 aromatic rings. The highest BCUT2D eigenvalue weighted by molar-refractivity contribution is 5.83. The molecule has 3 saturated heterocycles. The van der Waals surface area contributed by atoms with Crippen LogP contribution in [0.2, 0.25) is 0 Å². The van der Waals surface area contributed by atoms with E-state index in [0.717, 1.165) is 44.5 Å². The van der Waals surface area contributed by atoms with Crippen LogP contribution in [0, 0.1) is 0 Å². The number of carbonyl (C=O) groups excluding carboxylic acids is 2. The van der Waals surface area contributed by atoms with Gasteiger partial charge in [0.2, 0.25) is 12.2 Å². The summed E-state index contributed by atoms with van der Waals surface area (Å²) in [5.74, 6) is -0.355. The zero-order valence-corrected chi connectivity index (χ0v) is 16.2. The summed E-state index contributed by atoms with van der Waals surface area (Å²) >= 11 is 0. The van der Waals surface area contributed by atoms with E-state index in [1.165, 1.54) is 12.8 Å². The van der Waals surface area contributed by atoms with Gasteiger partial charge < -0.3 is 14.8 Å². The van der Waals surface area contributed by atoms with Gasteiger partial charge >= 0.3 is 5.97 Å². The minimum atomic E-state index is -0.736. The summed E-state index contributed by atoms with van der Waals surface area (Å²) in [6, 6.07) is 9.13. The van der Waals surface area contributed by atoms with E-state index in [9.17, 15) is 9.59 Å². The first-order valence-corrected chi connectivity index (χ1v) is 10.4. The van der Waals surface area contributed by atoms with Crippen molar-refractivity contribution < 1.29 is 19.1 Å². The minimum absolute atomic E-state index is 0.0248. The second-order valence-corrected chi connectivity index (χ2v) is 7.81. The number of rotatable bonds is 5. The molecule has 0 spiro atoms. The third kappa shape index (κ3) is 4.54. The van der Waals surface area contributed by atoms with E-state index in [0.29, 0.717) is 6.61 Å². The molecule has 0 aliphatic carbocycles. The van der Waals surface area contributed by atoms with Crippen molar-refractivity contribution >= 4 is 11.9 Å². The lowest BCUT2D eigenvalue weighted by atomic mass is 10.1. The number of hydrazine groups is 1. The number of carbonyl (C=O) groups is 2. The minimum Gasteiger partial charge on any atom is -0.433 e. The molecule has 1 N–H and O–H groups in total. The summed E-state index contributed by atoms with van der Waals surface area (Å²) in [6.45, 7) is 3.32. The van der Waals surface area contributed by atoms with E-state index in [1.54, 1.807) is 0 Å². The fraction of sp³-hybridized carbons (Fsp3) is 0.619. The Morgan fingerprint density at radius 1 is 1.11 bits per heavy atom. The topological polar surface area (TPSA) is 71.1 Å². The number of benzene rings is 1. The fourth-order valence-electron chi connectivity index (χ4n) is 4.33. The third-order valence-corrected chi connectivity index (χ3v) is 5.77. The lowest BCUT2D eigenvalue weighted by Crippen LogP contribution is -2.59. The molecule has 0 aromatic heterocycles. The molecule has 3 heterocycles. The van der Waals surface area contributed by atoms with Crippen molar-refractivity contribution in [3.05, 3.63) is 35.9 Å². The number of nitrogens with one attached hydrogen (secondary N) is 1. The lowest BCUT2D eigenvalue weighted by molar-refractivity contribution is -0.169. The van der Waals surface area contributed by atoms with Crippen LogP contribution in [0.1, 0.15) is 44.1 Å². The predicted octanol–water partition coefficient (Wildman–Crippen LogP) is 1.83. The van der Waals surface area contributed by atoms with Gasteiger partial charge in [-0.15, -0.1) is 0 Å². The average molecular weight is 387 g/mol. The van der Waals surface area contributed by atoms with Crippen molar-refractivity contribution in [3.8, 4) is 0 Å². The number of esters is 1. The van der Waals surface area contributed by atoms with E-state index in [1.807, 2.05) is 30.3 Å². The second-order valence-electron chi connectivity index (χ2n) is 7.81. The summed E-state index contributed by atoms with van der Waals surface area (Å²) in [6.07, 6.45) is 4.80. The van der Waals surface area contributed by atoms with Crippen LogP contribution in [0.3, 0.4) is 0 Å². The van der Waals surface area contributed by atoms with Gasteiger partial charge in [0, 0.05) is 19.6 Å². The predicted molar refractivity (Wildman–Crippen MR) is 103 cm³/mol. The van der Waals surface area contributed by atoms with Crippen LogP contribution >= 0.6 is 0 Å². The van der Waals surface area contributed by atoms with Crippen LogP contribution in [-0.2, 0) is 25.7 Å². The Hall–Kier alpha value is -1.96. The van der Waals surface area contributed by atoms with Crippen LogP contribution in [-0.4, -0.2) is 59.9 Å². The Morgan fingerprint density at radius 3 is 2.75 bits per heavy atom. The molecule has 4 rings (SSSR count). The highest BCUT2D eigenvalue weighted by Crippen LogP contribution is 2.24. The number of cyclic esters (lactones) is 1. The molecule has 3 aliphatic rings. The first kappa shape index (κ1) is 19.4. The van der Waals surface area contributed by atoms with Crippen LogP contribution in [0.15, 0.2) is 30.3 Å². The summed E-state index contributed by atoms with van der Waals surface area (Å²) in [7, 11) is 0. The van der Waals surface area contributed by atoms with Gasteiger partial charge in [-0.3, -0.25) is 9.59 Å². The smallest absolute Gasteiger partial charge is 0.310 e. The van der Waals surface area contributed by atoms with Gasteiger partial charge in [-0.05, 0) is 31.2 Å². The standard InChI is InChI=1S/C21H29N3O4/c25-19-14-17(21(28-19)27-15-16-8-3-1-4-9-16)22-20(26)18-10-7-12-23-11-5-2-6-13-24(18)23/h1,3-4,8-9,17-18,21H,2,5-7,10-15H2,(H,22,26). The maximum Gasteiger partial charge on any atom is 0.310 e. The molecule has 7 heteroatoms. The maximum atomic E-state index is 13.0. The van der Waals surface area contributed by atoms with E-state index in [2.05, 4.69) is 15.3 Å². The van der Waals surface area contributed by atoms with Gasteiger partial charge in [-0.2, -0.15) is 0 Å². The molecule has 3 atom stereocenters. The molecule has 28 heavy (non-hydrogen) atoms. The van der Waals surface area contributed by atoms with Crippen molar-refractivity contribution in [2.24, 2.45) is 0 Å². The van der Waals surface area contributed by atoms with Crippen molar-refractivity contribution in [1.82, 2.24) is 15.3 Å². The highest BCUT2D eigenvalue weighted by Gasteiger charge is 2.40. The summed E-state index contributed by atoms with van der Waals surface area (Å²) in [4.78, 5) is 24.9. The lowest BCUT2D eigenvalue weighted by Gasteiger charge is -2.42. The number of fused-ring (bicyclic) bond motifs is 1. The Labute approximate surface area is 165 Å². The molecule has 7 nitrogen and oxygen atoms in total. The molecule has 3 fully saturated rings. The zero-order valence-electron chi connectivity index (χ0n) is 16.2. The van der Waals surface area contributed by atoms with E-state index in [-0.39, 0.29) is 24.3 Å².